The number of aromatic nitrogens is 1. The lowest BCUT2D eigenvalue weighted by Crippen LogP contribution is -1.97. The summed E-state index contributed by atoms with van der Waals surface area (Å²) in [6, 6.07) is 21.8. The van der Waals surface area contributed by atoms with Gasteiger partial charge in [-0.05, 0) is 47.3 Å². The van der Waals surface area contributed by atoms with Crippen molar-refractivity contribution in [1.82, 2.24) is 4.98 Å². The predicted octanol–water partition coefficient (Wildman–Crippen LogP) is 6.72. The van der Waals surface area contributed by atoms with Crippen LogP contribution >= 0.6 is 23.2 Å². The average Bonchev–Trinajstić information content (AvgIpc) is 3.09. The molecule has 0 saturated carbocycles. The summed E-state index contributed by atoms with van der Waals surface area (Å²) in [5.74, 6) is 0.823. The quantitative estimate of drug-likeness (QED) is 0.425. The molecule has 0 radical (unpaired) electrons. The lowest BCUT2D eigenvalue weighted by atomic mass is 10.0. The Labute approximate surface area is 156 Å². The van der Waals surface area contributed by atoms with E-state index < -0.39 is 0 Å². The van der Waals surface area contributed by atoms with Gasteiger partial charge in [-0.2, -0.15) is 0 Å². The lowest BCUT2D eigenvalue weighted by Gasteiger charge is -2.13. The van der Waals surface area contributed by atoms with Crippen molar-refractivity contribution < 1.29 is 4.74 Å². The van der Waals surface area contributed by atoms with Crippen LogP contribution in [-0.2, 0) is 6.61 Å². The maximum atomic E-state index is 6.24. The Morgan fingerprint density at radius 3 is 2.64 bits per heavy atom. The Balaban J connectivity index is 1.64. The Morgan fingerprint density at radius 2 is 1.76 bits per heavy atom. The number of para-hydroxylation sites is 1. The monoisotopic (exact) mass is 367 g/mol. The topological polar surface area (TPSA) is 25.0 Å². The second kappa shape index (κ2) is 6.83. The minimum Gasteiger partial charge on any atom is -0.488 e. The van der Waals surface area contributed by atoms with Crippen molar-refractivity contribution in [3.05, 3.63) is 88.5 Å². The van der Waals surface area contributed by atoms with Gasteiger partial charge < -0.3 is 9.72 Å². The first-order chi connectivity index (χ1) is 12.2. The molecule has 25 heavy (non-hydrogen) atoms. The molecule has 0 unspecified atom stereocenters. The molecular formula is C21H15Cl2NO. The van der Waals surface area contributed by atoms with Gasteiger partial charge in [-0.1, -0.05) is 53.5 Å². The van der Waals surface area contributed by atoms with E-state index in [-0.39, 0.29) is 0 Å². The molecule has 4 heteroatoms. The van der Waals surface area contributed by atoms with Crippen molar-refractivity contribution in [2.24, 2.45) is 0 Å². The largest absolute Gasteiger partial charge is 0.488 e. The van der Waals surface area contributed by atoms with E-state index in [2.05, 4.69) is 35.3 Å². The minimum atomic E-state index is 0.388. The molecule has 0 aliphatic carbocycles. The summed E-state index contributed by atoms with van der Waals surface area (Å²) in [4.78, 5) is 3.21. The van der Waals surface area contributed by atoms with Crippen molar-refractivity contribution >= 4 is 34.1 Å². The highest BCUT2D eigenvalue weighted by Gasteiger charge is 2.09. The molecule has 0 spiro atoms. The molecule has 124 valence electrons. The van der Waals surface area contributed by atoms with E-state index in [1.807, 2.05) is 36.5 Å². The van der Waals surface area contributed by atoms with Gasteiger partial charge in [-0.3, -0.25) is 0 Å². The van der Waals surface area contributed by atoms with Gasteiger partial charge in [-0.15, -0.1) is 0 Å². The summed E-state index contributed by atoms with van der Waals surface area (Å²) in [7, 11) is 0. The molecule has 0 fully saturated rings. The zero-order valence-corrected chi connectivity index (χ0v) is 14.8. The van der Waals surface area contributed by atoms with E-state index in [0.29, 0.717) is 16.7 Å². The van der Waals surface area contributed by atoms with Crippen LogP contribution in [0.1, 0.15) is 5.56 Å². The summed E-state index contributed by atoms with van der Waals surface area (Å²) in [6.07, 6.45) is 1.94. The van der Waals surface area contributed by atoms with Crippen LogP contribution in [0.3, 0.4) is 0 Å². The number of rotatable bonds is 4. The highest BCUT2D eigenvalue weighted by molar-refractivity contribution is 6.35. The smallest absolute Gasteiger partial charge is 0.127 e. The van der Waals surface area contributed by atoms with Crippen molar-refractivity contribution in [3.8, 4) is 16.9 Å². The van der Waals surface area contributed by atoms with Crippen molar-refractivity contribution in [2.75, 3.05) is 0 Å². The molecular weight excluding hydrogens is 353 g/mol. The molecule has 3 aromatic carbocycles. The van der Waals surface area contributed by atoms with Crippen LogP contribution in [0.4, 0.5) is 0 Å². The van der Waals surface area contributed by atoms with Crippen LogP contribution in [0.2, 0.25) is 10.0 Å². The molecule has 1 aromatic heterocycles. The van der Waals surface area contributed by atoms with Gasteiger partial charge in [0.15, 0.2) is 0 Å². The fourth-order valence-corrected chi connectivity index (χ4v) is 3.31. The van der Waals surface area contributed by atoms with Gasteiger partial charge in [0.25, 0.3) is 0 Å². The SMILES string of the molecule is Clc1ccc(COc2ccccc2-c2ccc3[nH]ccc3c2)c(Cl)c1. The summed E-state index contributed by atoms with van der Waals surface area (Å²) in [5, 5.41) is 2.40. The Kier molecular flexibility index (Phi) is 4.39. The first-order valence-corrected chi connectivity index (χ1v) is 8.69. The maximum Gasteiger partial charge on any atom is 0.127 e. The fourth-order valence-electron chi connectivity index (χ4n) is 2.85. The normalized spacial score (nSPS) is 11.0. The van der Waals surface area contributed by atoms with E-state index in [1.165, 1.54) is 5.39 Å². The van der Waals surface area contributed by atoms with Crippen LogP contribution in [0.15, 0.2) is 72.9 Å². The average molecular weight is 368 g/mol. The Morgan fingerprint density at radius 1 is 0.880 bits per heavy atom. The van der Waals surface area contributed by atoms with E-state index in [0.717, 1.165) is 28.0 Å². The van der Waals surface area contributed by atoms with Crippen molar-refractivity contribution in [2.45, 2.75) is 6.61 Å². The van der Waals surface area contributed by atoms with Crippen molar-refractivity contribution in [3.63, 3.8) is 0 Å². The summed E-state index contributed by atoms with van der Waals surface area (Å²) in [5.41, 5.74) is 4.19. The molecule has 0 atom stereocenters. The Bertz CT molecular complexity index is 1040. The van der Waals surface area contributed by atoms with Gasteiger partial charge >= 0.3 is 0 Å². The first-order valence-electron chi connectivity index (χ1n) is 7.94. The third kappa shape index (κ3) is 3.37. The Hall–Kier alpha value is -2.42. The fraction of sp³-hybridized carbons (Fsp3) is 0.0476. The molecule has 1 heterocycles. The molecule has 0 bridgehead atoms. The minimum absolute atomic E-state index is 0.388. The highest BCUT2D eigenvalue weighted by atomic mass is 35.5. The predicted molar refractivity (Wildman–Crippen MR) is 105 cm³/mol. The molecule has 1 N–H and O–H groups in total. The standard InChI is InChI=1S/C21H15Cl2NO/c22-17-7-5-16(19(23)12-17)13-25-21-4-2-1-3-18(21)14-6-8-20-15(11-14)9-10-24-20/h1-12,24H,13H2. The zero-order chi connectivity index (χ0) is 17.2. The van der Waals surface area contributed by atoms with Gasteiger partial charge in [0.05, 0.1) is 0 Å². The molecule has 2 nitrogen and oxygen atoms in total. The van der Waals surface area contributed by atoms with Gasteiger partial charge in [0.2, 0.25) is 0 Å². The summed E-state index contributed by atoms with van der Waals surface area (Å²) >= 11 is 12.2. The van der Waals surface area contributed by atoms with E-state index in [4.69, 9.17) is 27.9 Å². The highest BCUT2D eigenvalue weighted by Crippen LogP contribution is 2.33. The van der Waals surface area contributed by atoms with Crippen molar-refractivity contribution in [1.29, 1.82) is 0 Å². The van der Waals surface area contributed by atoms with Crippen LogP contribution in [0, 0.1) is 0 Å². The second-order valence-corrected chi connectivity index (χ2v) is 6.64. The van der Waals surface area contributed by atoms with Gasteiger partial charge in [0.1, 0.15) is 12.4 Å². The zero-order valence-electron chi connectivity index (χ0n) is 13.3. The number of nitrogens with one attached hydrogen (secondary N) is 1. The van der Waals surface area contributed by atoms with E-state index >= 15 is 0 Å². The molecule has 0 aliphatic rings. The maximum absolute atomic E-state index is 6.24. The van der Waals surface area contributed by atoms with Crippen LogP contribution in [0.5, 0.6) is 5.75 Å². The molecule has 0 aliphatic heterocycles. The molecule has 4 rings (SSSR count). The number of H-pyrrole nitrogens is 1. The summed E-state index contributed by atoms with van der Waals surface area (Å²) in [6.45, 7) is 0.388. The molecule has 0 saturated heterocycles. The van der Waals surface area contributed by atoms with Gasteiger partial charge in [0, 0.05) is 32.9 Å². The van der Waals surface area contributed by atoms with E-state index in [9.17, 15) is 0 Å². The lowest BCUT2D eigenvalue weighted by molar-refractivity contribution is 0.307. The number of hydrogen-bond donors (Lipinski definition) is 1. The van der Waals surface area contributed by atoms with Crippen LogP contribution in [0.25, 0.3) is 22.0 Å². The number of aromatic amines is 1. The number of hydrogen-bond acceptors (Lipinski definition) is 1. The van der Waals surface area contributed by atoms with Crippen LogP contribution < -0.4 is 4.74 Å². The van der Waals surface area contributed by atoms with Crippen LogP contribution in [-0.4, -0.2) is 4.98 Å². The number of benzene rings is 3. The molecule has 0 amide bonds. The van der Waals surface area contributed by atoms with Gasteiger partial charge in [-0.25, -0.2) is 0 Å². The summed E-state index contributed by atoms with van der Waals surface area (Å²) < 4.78 is 6.06. The number of fused-ring (bicyclic) bond motifs is 1. The third-order valence-electron chi connectivity index (χ3n) is 4.15. The third-order valence-corrected chi connectivity index (χ3v) is 4.74. The number of ether oxygens (including phenoxy) is 1. The number of halogens is 2. The molecule has 4 aromatic rings. The van der Waals surface area contributed by atoms with E-state index in [1.54, 1.807) is 6.07 Å². The first kappa shape index (κ1) is 16.1. The second-order valence-electron chi connectivity index (χ2n) is 5.80.